The molecule has 0 bridgehead atoms. The summed E-state index contributed by atoms with van der Waals surface area (Å²) in [5, 5.41) is 0.689. The summed E-state index contributed by atoms with van der Waals surface area (Å²) >= 11 is 9.50. The fourth-order valence-electron chi connectivity index (χ4n) is 1.35. The Bertz CT molecular complexity index is 330. The van der Waals surface area contributed by atoms with Gasteiger partial charge in [0.1, 0.15) is 0 Å². The molecule has 0 aliphatic rings. The molecule has 0 aliphatic heterocycles. The Morgan fingerprint density at radius 2 is 2.13 bits per heavy atom. The Kier molecular flexibility index (Phi) is 5.06. The smallest absolute Gasteiger partial charge is 0.0965 e. The number of hydrogen-bond acceptors (Lipinski definition) is 2. The number of hydrogen-bond donors (Lipinski definition) is 1. The van der Waals surface area contributed by atoms with Crippen LogP contribution in [-0.4, -0.2) is 12.6 Å². The highest BCUT2D eigenvalue weighted by molar-refractivity contribution is 9.10. The highest BCUT2D eigenvalue weighted by Crippen LogP contribution is 2.28. The number of nitrogens with two attached hydrogens (primary N) is 1. The second-order valence-corrected chi connectivity index (χ2v) is 4.90. The fraction of sp³-hybridized carbons (Fsp3) is 0.455. The topological polar surface area (TPSA) is 35.2 Å². The lowest BCUT2D eigenvalue weighted by atomic mass is 10.1. The van der Waals surface area contributed by atoms with E-state index in [4.69, 9.17) is 22.1 Å². The normalized spacial score (nSPS) is 13.2. The number of benzene rings is 1. The van der Waals surface area contributed by atoms with Gasteiger partial charge in [0.2, 0.25) is 0 Å². The van der Waals surface area contributed by atoms with Crippen molar-refractivity contribution in [3.63, 3.8) is 0 Å². The third kappa shape index (κ3) is 3.76. The summed E-state index contributed by atoms with van der Waals surface area (Å²) in [6, 6.07) is 5.68. The van der Waals surface area contributed by atoms with Crippen molar-refractivity contribution in [1.82, 2.24) is 0 Å². The number of halogens is 2. The quantitative estimate of drug-likeness (QED) is 0.921. The molecule has 0 spiro atoms. The molecule has 15 heavy (non-hydrogen) atoms. The number of rotatable bonds is 4. The monoisotopic (exact) mass is 291 g/mol. The molecule has 1 rings (SSSR count). The van der Waals surface area contributed by atoms with Gasteiger partial charge in [0.25, 0.3) is 0 Å². The zero-order valence-corrected chi connectivity index (χ0v) is 11.2. The largest absolute Gasteiger partial charge is 0.369 e. The third-order valence-electron chi connectivity index (χ3n) is 1.96. The van der Waals surface area contributed by atoms with Gasteiger partial charge in [-0.05, 0) is 32.0 Å². The van der Waals surface area contributed by atoms with E-state index in [9.17, 15) is 0 Å². The van der Waals surface area contributed by atoms with Crippen LogP contribution >= 0.6 is 27.5 Å². The standard InChI is InChI=1S/C11H15BrClNO/c1-7(2)15-11(6-14)9-5-8(12)3-4-10(9)13/h3-5,7,11H,6,14H2,1-2H3. The lowest BCUT2D eigenvalue weighted by Gasteiger charge is -2.20. The molecule has 1 aromatic carbocycles. The van der Waals surface area contributed by atoms with Crippen LogP contribution in [0.5, 0.6) is 0 Å². The molecule has 1 atom stereocenters. The van der Waals surface area contributed by atoms with Gasteiger partial charge in [0, 0.05) is 21.6 Å². The predicted octanol–water partition coefficient (Wildman–Crippen LogP) is 3.53. The summed E-state index contributed by atoms with van der Waals surface area (Å²) in [7, 11) is 0. The summed E-state index contributed by atoms with van der Waals surface area (Å²) < 4.78 is 6.67. The average Bonchev–Trinajstić information content (AvgIpc) is 2.18. The van der Waals surface area contributed by atoms with Gasteiger partial charge in [-0.2, -0.15) is 0 Å². The van der Waals surface area contributed by atoms with Crippen LogP contribution in [0.4, 0.5) is 0 Å². The molecule has 1 unspecified atom stereocenters. The van der Waals surface area contributed by atoms with E-state index in [0.29, 0.717) is 11.6 Å². The third-order valence-corrected chi connectivity index (χ3v) is 2.79. The Labute approximate surface area is 104 Å². The first kappa shape index (κ1) is 13.0. The van der Waals surface area contributed by atoms with Gasteiger partial charge in [-0.1, -0.05) is 27.5 Å². The molecule has 0 saturated heterocycles. The van der Waals surface area contributed by atoms with Crippen molar-refractivity contribution >= 4 is 27.5 Å². The molecule has 0 radical (unpaired) electrons. The second kappa shape index (κ2) is 5.85. The Hall–Kier alpha value is -0.0900. The van der Waals surface area contributed by atoms with E-state index in [1.54, 1.807) is 0 Å². The molecule has 84 valence electrons. The maximum atomic E-state index is 6.10. The van der Waals surface area contributed by atoms with Gasteiger partial charge in [-0.3, -0.25) is 0 Å². The minimum atomic E-state index is -0.144. The predicted molar refractivity (Wildman–Crippen MR) is 67.2 cm³/mol. The highest BCUT2D eigenvalue weighted by Gasteiger charge is 2.15. The number of ether oxygens (including phenoxy) is 1. The van der Waals surface area contributed by atoms with Crippen molar-refractivity contribution in [3.05, 3.63) is 33.3 Å². The van der Waals surface area contributed by atoms with Crippen LogP contribution in [0.2, 0.25) is 5.02 Å². The van der Waals surface area contributed by atoms with Crippen LogP contribution in [0.15, 0.2) is 22.7 Å². The fourth-order valence-corrected chi connectivity index (χ4v) is 1.96. The SMILES string of the molecule is CC(C)OC(CN)c1cc(Br)ccc1Cl. The maximum absolute atomic E-state index is 6.10. The van der Waals surface area contributed by atoms with Crippen LogP contribution in [-0.2, 0) is 4.74 Å². The second-order valence-electron chi connectivity index (χ2n) is 3.58. The van der Waals surface area contributed by atoms with E-state index in [2.05, 4.69) is 15.9 Å². The van der Waals surface area contributed by atoms with Gasteiger partial charge in [0.05, 0.1) is 12.2 Å². The summed E-state index contributed by atoms with van der Waals surface area (Å²) in [6.45, 7) is 4.39. The minimum Gasteiger partial charge on any atom is -0.369 e. The molecular formula is C11H15BrClNO. The average molecular weight is 293 g/mol. The van der Waals surface area contributed by atoms with Crippen molar-refractivity contribution in [3.8, 4) is 0 Å². The lowest BCUT2D eigenvalue weighted by molar-refractivity contribution is 0.0120. The van der Waals surface area contributed by atoms with Crippen molar-refractivity contribution in [1.29, 1.82) is 0 Å². The molecule has 0 heterocycles. The maximum Gasteiger partial charge on any atom is 0.0965 e. The first-order valence-electron chi connectivity index (χ1n) is 4.85. The van der Waals surface area contributed by atoms with Crippen molar-refractivity contribution in [2.75, 3.05) is 6.54 Å². The molecule has 0 saturated carbocycles. The molecule has 2 N–H and O–H groups in total. The molecule has 0 aliphatic carbocycles. The Balaban J connectivity index is 2.95. The van der Waals surface area contributed by atoms with E-state index >= 15 is 0 Å². The van der Waals surface area contributed by atoms with Crippen molar-refractivity contribution in [2.24, 2.45) is 5.73 Å². The summed E-state index contributed by atoms with van der Waals surface area (Å²) in [6.07, 6.45) is -0.0106. The van der Waals surface area contributed by atoms with E-state index in [0.717, 1.165) is 10.0 Å². The minimum absolute atomic E-state index is 0.133. The molecule has 0 aromatic heterocycles. The molecule has 4 heteroatoms. The summed E-state index contributed by atoms with van der Waals surface area (Å²) in [5.41, 5.74) is 6.61. The van der Waals surface area contributed by atoms with Crippen LogP contribution in [0.3, 0.4) is 0 Å². The van der Waals surface area contributed by atoms with E-state index in [-0.39, 0.29) is 12.2 Å². The first-order chi connectivity index (χ1) is 7.04. The Morgan fingerprint density at radius 3 is 2.67 bits per heavy atom. The van der Waals surface area contributed by atoms with Crippen LogP contribution < -0.4 is 5.73 Å². The van der Waals surface area contributed by atoms with Gasteiger partial charge >= 0.3 is 0 Å². The molecule has 2 nitrogen and oxygen atoms in total. The molecule has 0 amide bonds. The zero-order chi connectivity index (χ0) is 11.4. The van der Waals surface area contributed by atoms with Crippen molar-refractivity contribution < 1.29 is 4.74 Å². The summed E-state index contributed by atoms with van der Waals surface area (Å²) in [5.74, 6) is 0. The highest BCUT2D eigenvalue weighted by atomic mass is 79.9. The van der Waals surface area contributed by atoms with Gasteiger partial charge in [-0.25, -0.2) is 0 Å². The van der Waals surface area contributed by atoms with E-state index in [1.807, 2.05) is 32.0 Å². The molecular weight excluding hydrogens is 277 g/mol. The van der Waals surface area contributed by atoms with Crippen LogP contribution in [0, 0.1) is 0 Å². The van der Waals surface area contributed by atoms with Crippen molar-refractivity contribution in [2.45, 2.75) is 26.1 Å². The van der Waals surface area contributed by atoms with Gasteiger partial charge in [-0.15, -0.1) is 0 Å². The van der Waals surface area contributed by atoms with Gasteiger partial charge < -0.3 is 10.5 Å². The Morgan fingerprint density at radius 1 is 1.47 bits per heavy atom. The van der Waals surface area contributed by atoms with Gasteiger partial charge in [0.15, 0.2) is 0 Å². The lowest BCUT2D eigenvalue weighted by Crippen LogP contribution is -2.19. The van der Waals surface area contributed by atoms with E-state index < -0.39 is 0 Å². The first-order valence-corrected chi connectivity index (χ1v) is 6.02. The van der Waals surface area contributed by atoms with Crippen LogP contribution in [0.1, 0.15) is 25.5 Å². The molecule has 1 aromatic rings. The molecule has 0 fully saturated rings. The van der Waals surface area contributed by atoms with Crippen LogP contribution in [0.25, 0.3) is 0 Å². The summed E-state index contributed by atoms with van der Waals surface area (Å²) in [4.78, 5) is 0. The van der Waals surface area contributed by atoms with E-state index in [1.165, 1.54) is 0 Å². The zero-order valence-electron chi connectivity index (χ0n) is 8.84.